The quantitative estimate of drug-likeness (QED) is 0.746. The van der Waals surface area contributed by atoms with Crippen LogP contribution in [0.2, 0.25) is 0 Å². The zero-order valence-corrected chi connectivity index (χ0v) is 18.2. The Morgan fingerprint density at radius 2 is 1.71 bits per heavy atom. The second-order valence-electron chi connectivity index (χ2n) is 8.10. The Labute approximate surface area is 169 Å². The maximum absolute atomic E-state index is 12.4. The molecule has 158 valence electrons. The van der Waals surface area contributed by atoms with Crippen LogP contribution >= 0.6 is 0 Å². The Kier molecular flexibility index (Phi) is 7.86. The van der Waals surface area contributed by atoms with Gasteiger partial charge in [0.1, 0.15) is 5.60 Å². The lowest BCUT2D eigenvalue weighted by atomic mass is 10.1. The van der Waals surface area contributed by atoms with Crippen molar-refractivity contribution < 1.29 is 17.9 Å². The fraction of sp³-hybridized carbons (Fsp3) is 0.650. The lowest BCUT2D eigenvalue weighted by Gasteiger charge is -2.35. The van der Waals surface area contributed by atoms with Crippen molar-refractivity contribution >= 4 is 16.1 Å². The van der Waals surface area contributed by atoms with Crippen molar-refractivity contribution in [2.24, 2.45) is 0 Å². The SMILES string of the molecule is CCCc1ccc(S(=O)(=O)NCCN2CCN(C(=O)OC(C)(C)C)CC2)cc1. The Morgan fingerprint density at radius 3 is 2.25 bits per heavy atom. The minimum absolute atomic E-state index is 0.292. The number of benzene rings is 1. The van der Waals surface area contributed by atoms with E-state index in [0.29, 0.717) is 44.2 Å². The predicted molar refractivity (Wildman–Crippen MR) is 110 cm³/mol. The number of nitrogens with one attached hydrogen (secondary N) is 1. The first-order chi connectivity index (χ1) is 13.1. The molecule has 1 aromatic rings. The summed E-state index contributed by atoms with van der Waals surface area (Å²) in [5.41, 5.74) is 0.644. The number of hydrogen-bond acceptors (Lipinski definition) is 5. The molecular weight excluding hydrogens is 378 g/mol. The smallest absolute Gasteiger partial charge is 0.410 e. The van der Waals surface area contributed by atoms with Gasteiger partial charge >= 0.3 is 6.09 Å². The first-order valence-corrected chi connectivity index (χ1v) is 11.4. The number of aryl methyl sites for hydroxylation is 1. The minimum Gasteiger partial charge on any atom is -0.444 e. The van der Waals surface area contributed by atoms with Crippen molar-refractivity contribution in [1.29, 1.82) is 0 Å². The number of piperazine rings is 1. The van der Waals surface area contributed by atoms with Gasteiger partial charge in [0.2, 0.25) is 10.0 Å². The molecule has 2 rings (SSSR count). The Morgan fingerprint density at radius 1 is 1.11 bits per heavy atom. The van der Waals surface area contributed by atoms with Crippen LogP contribution in [0, 0.1) is 0 Å². The minimum atomic E-state index is -3.50. The van der Waals surface area contributed by atoms with Gasteiger partial charge in [-0.05, 0) is 44.9 Å². The summed E-state index contributed by atoms with van der Waals surface area (Å²) in [7, 11) is -3.50. The molecule has 0 atom stereocenters. The third-order valence-electron chi connectivity index (χ3n) is 4.52. The molecule has 8 heteroatoms. The number of sulfonamides is 1. The van der Waals surface area contributed by atoms with E-state index in [9.17, 15) is 13.2 Å². The third-order valence-corrected chi connectivity index (χ3v) is 5.99. The molecule has 1 saturated heterocycles. The molecule has 0 radical (unpaired) electrons. The highest BCUT2D eigenvalue weighted by atomic mass is 32.2. The number of hydrogen-bond donors (Lipinski definition) is 1. The van der Waals surface area contributed by atoms with Crippen LogP contribution in [0.3, 0.4) is 0 Å². The van der Waals surface area contributed by atoms with Gasteiger partial charge in [-0.3, -0.25) is 4.90 Å². The standard InChI is InChI=1S/C20H33N3O4S/c1-5-6-17-7-9-18(10-8-17)28(25,26)21-11-12-22-13-15-23(16-14-22)19(24)27-20(2,3)4/h7-10,21H,5-6,11-16H2,1-4H3. The number of nitrogens with zero attached hydrogens (tertiary/aromatic N) is 2. The highest BCUT2D eigenvalue weighted by Crippen LogP contribution is 2.13. The molecule has 0 spiro atoms. The number of carbonyl (C=O) groups is 1. The van der Waals surface area contributed by atoms with Gasteiger partial charge in [-0.15, -0.1) is 0 Å². The highest BCUT2D eigenvalue weighted by Gasteiger charge is 2.25. The van der Waals surface area contributed by atoms with Gasteiger partial charge in [0, 0.05) is 39.3 Å². The maximum atomic E-state index is 12.4. The summed E-state index contributed by atoms with van der Waals surface area (Å²) in [6, 6.07) is 7.06. The molecule has 7 nitrogen and oxygen atoms in total. The lowest BCUT2D eigenvalue weighted by Crippen LogP contribution is -2.51. The molecule has 28 heavy (non-hydrogen) atoms. The largest absolute Gasteiger partial charge is 0.444 e. The van der Waals surface area contributed by atoms with Crippen molar-refractivity contribution in [1.82, 2.24) is 14.5 Å². The second-order valence-corrected chi connectivity index (χ2v) is 9.87. The number of amides is 1. The first-order valence-electron chi connectivity index (χ1n) is 9.89. The van der Waals surface area contributed by atoms with Crippen molar-refractivity contribution in [3.05, 3.63) is 29.8 Å². The van der Waals surface area contributed by atoms with Crippen molar-refractivity contribution in [3.63, 3.8) is 0 Å². The topological polar surface area (TPSA) is 79.0 Å². The highest BCUT2D eigenvalue weighted by molar-refractivity contribution is 7.89. The zero-order chi connectivity index (χ0) is 20.8. The van der Waals surface area contributed by atoms with Gasteiger partial charge in [0.05, 0.1) is 4.90 Å². The fourth-order valence-electron chi connectivity index (χ4n) is 3.03. The molecule has 0 bridgehead atoms. The summed E-state index contributed by atoms with van der Waals surface area (Å²) in [5, 5.41) is 0. The van der Waals surface area contributed by atoms with E-state index in [1.165, 1.54) is 0 Å². The molecule has 1 N–H and O–H groups in total. The Hall–Kier alpha value is -1.64. The predicted octanol–water partition coefficient (Wildman–Crippen LogP) is 2.47. The van der Waals surface area contributed by atoms with Gasteiger partial charge in [0.25, 0.3) is 0 Å². The second kappa shape index (κ2) is 9.71. The summed E-state index contributed by atoms with van der Waals surface area (Å²) >= 11 is 0. The molecule has 0 saturated carbocycles. The number of carbonyl (C=O) groups excluding carboxylic acids is 1. The van der Waals surface area contributed by atoms with Crippen LogP contribution in [0.5, 0.6) is 0 Å². The maximum Gasteiger partial charge on any atom is 0.410 e. The summed E-state index contributed by atoms with van der Waals surface area (Å²) in [4.78, 5) is 16.2. The fourth-order valence-corrected chi connectivity index (χ4v) is 4.05. The van der Waals surface area contributed by atoms with Crippen molar-refractivity contribution in [2.75, 3.05) is 39.3 Å². The molecule has 0 unspecified atom stereocenters. The average molecular weight is 412 g/mol. The summed E-state index contributed by atoms with van der Waals surface area (Å²) < 4.78 is 32.9. The lowest BCUT2D eigenvalue weighted by molar-refractivity contribution is 0.0147. The third kappa shape index (κ3) is 7.07. The Balaban J connectivity index is 1.75. The van der Waals surface area contributed by atoms with E-state index < -0.39 is 15.6 Å². The van der Waals surface area contributed by atoms with Crippen LogP contribution in [0.1, 0.15) is 39.7 Å². The van der Waals surface area contributed by atoms with E-state index in [4.69, 9.17) is 4.74 Å². The molecule has 1 aliphatic heterocycles. The average Bonchev–Trinajstić information content (AvgIpc) is 2.61. The van der Waals surface area contributed by atoms with Crippen LogP contribution < -0.4 is 4.72 Å². The van der Waals surface area contributed by atoms with Crippen LogP contribution in [-0.2, 0) is 21.2 Å². The van der Waals surface area contributed by atoms with E-state index >= 15 is 0 Å². The number of rotatable bonds is 7. The van der Waals surface area contributed by atoms with Gasteiger partial charge in [-0.1, -0.05) is 25.5 Å². The molecule has 0 aliphatic carbocycles. The van der Waals surface area contributed by atoms with Crippen molar-refractivity contribution in [2.45, 2.75) is 51.0 Å². The van der Waals surface area contributed by atoms with Gasteiger partial charge in [-0.2, -0.15) is 0 Å². The van der Waals surface area contributed by atoms with Crippen molar-refractivity contribution in [3.8, 4) is 0 Å². The molecular formula is C20H33N3O4S. The summed E-state index contributed by atoms with van der Waals surface area (Å²) in [6.07, 6.45) is 1.69. The van der Waals surface area contributed by atoms with E-state index in [1.807, 2.05) is 32.9 Å². The monoisotopic (exact) mass is 411 g/mol. The first kappa shape index (κ1) is 22.6. The molecule has 1 aliphatic rings. The van der Waals surface area contributed by atoms with Gasteiger partial charge in [-0.25, -0.2) is 17.9 Å². The van der Waals surface area contributed by atoms with E-state index in [1.54, 1.807) is 17.0 Å². The van der Waals surface area contributed by atoms with Crippen LogP contribution in [0.15, 0.2) is 29.2 Å². The van der Waals surface area contributed by atoms with Crippen LogP contribution in [0.25, 0.3) is 0 Å². The van der Waals surface area contributed by atoms with Gasteiger partial charge < -0.3 is 9.64 Å². The van der Waals surface area contributed by atoms with E-state index in [0.717, 1.165) is 18.4 Å². The molecule has 1 amide bonds. The van der Waals surface area contributed by atoms with E-state index in [-0.39, 0.29) is 6.09 Å². The zero-order valence-electron chi connectivity index (χ0n) is 17.4. The molecule has 1 heterocycles. The number of ether oxygens (including phenoxy) is 1. The van der Waals surface area contributed by atoms with E-state index in [2.05, 4.69) is 16.5 Å². The molecule has 1 aromatic carbocycles. The summed E-state index contributed by atoms with van der Waals surface area (Å²) in [5.74, 6) is 0. The Bertz CT molecular complexity index is 734. The van der Waals surface area contributed by atoms with Crippen LogP contribution in [-0.4, -0.2) is 69.2 Å². The van der Waals surface area contributed by atoms with Gasteiger partial charge in [0.15, 0.2) is 0 Å². The normalized spacial score (nSPS) is 16.2. The summed E-state index contributed by atoms with van der Waals surface area (Å²) in [6.45, 7) is 11.2. The van der Waals surface area contributed by atoms with Crippen LogP contribution in [0.4, 0.5) is 4.79 Å². The molecule has 0 aromatic heterocycles. The molecule has 1 fully saturated rings.